The fourth-order valence-corrected chi connectivity index (χ4v) is 3.49. The first kappa shape index (κ1) is 20.6. The minimum Gasteiger partial charge on any atom is -0.452 e. The van der Waals surface area contributed by atoms with E-state index in [1.54, 1.807) is 28.0 Å². The van der Waals surface area contributed by atoms with E-state index in [4.69, 9.17) is 4.74 Å². The van der Waals surface area contributed by atoms with Crippen molar-refractivity contribution in [1.29, 1.82) is 0 Å². The molecule has 0 spiro atoms. The lowest BCUT2D eigenvalue weighted by Crippen LogP contribution is -2.39. The van der Waals surface area contributed by atoms with Crippen molar-refractivity contribution < 1.29 is 19.1 Å². The molecule has 0 unspecified atom stereocenters. The third-order valence-electron chi connectivity index (χ3n) is 4.85. The number of likely N-dealkylation sites (tertiary alicyclic amines) is 1. The Kier molecular flexibility index (Phi) is 6.65. The molecule has 6 nitrogen and oxygen atoms in total. The quantitative estimate of drug-likeness (QED) is 0.675. The van der Waals surface area contributed by atoms with Gasteiger partial charge in [0, 0.05) is 31.2 Å². The van der Waals surface area contributed by atoms with Gasteiger partial charge in [-0.15, -0.1) is 0 Å². The van der Waals surface area contributed by atoms with Gasteiger partial charge in [-0.25, -0.2) is 4.79 Å². The zero-order chi connectivity index (χ0) is 20.8. The van der Waals surface area contributed by atoms with E-state index in [-0.39, 0.29) is 24.5 Å². The van der Waals surface area contributed by atoms with Gasteiger partial charge in [0.1, 0.15) is 0 Å². The monoisotopic (exact) mass is 394 g/mol. The highest BCUT2D eigenvalue weighted by Crippen LogP contribution is 2.18. The number of anilines is 1. The molecule has 0 aromatic heterocycles. The molecule has 6 heteroatoms. The van der Waals surface area contributed by atoms with Gasteiger partial charge >= 0.3 is 5.97 Å². The minimum absolute atomic E-state index is 0.0649. The highest BCUT2D eigenvalue weighted by molar-refractivity contribution is 5.97. The zero-order valence-electron chi connectivity index (χ0n) is 16.8. The molecular weight excluding hydrogens is 368 g/mol. The molecular formula is C23H26N2O4. The summed E-state index contributed by atoms with van der Waals surface area (Å²) in [5, 5.41) is 0. The predicted molar refractivity (Wildman–Crippen MR) is 110 cm³/mol. The van der Waals surface area contributed by atoms with Gasteiger partial charge in [0.05, 0.1) is 5.56 Å². The number of amides is 2. The summed E-state index contributed by atoms with van der Waals surface area (Å²) in [6.45, 7) is 4.72. The van der Waals surface area contributed by atoms with Gasteiger partial charge in [0.25, 0.3) is 5.91 Å². The summed E-state index contributed by atoms with van der Waals surface area (Å²) in [5.41, 5.74) is 2.01. The number of hydrogen-bond donors (Lipinski definition) is 0. The summed E-state index contributed by atoms with van der Waals surface area (Å²) >= 11 is 0. The number of nitrogens with zero attached hydrogens (tertiary/aromatic N) is 2. The van der Waals surface area contributed by atoms with Crippen molar-refractivity contribution in [2.24, 2.45) is 0 Å². The number of carbonyl (C=O) groups is 3. The first-order valence-corrected chi connectivity index (χ1v) is 9.86. The Morgan fingerprint density at radius 3 is 2.52 bits per heavy atom. The molecule has 2 aromatic rings. The van der Waals surface area contributed by atoms with E-state index < -0.39 is 5.97 Å². The van der Waals surface area contributed by atoms with E-state index >= 15 is 0 Å². The maximum absolute atomic E-state index is 12.7. The standard InChI is InChI=1S/C23H26N2O4/c1-17(2)25(20-10-4-3-5-11-20)22(27)16-29-23(28)19-9-6-8-18(14-19)15-24-13-7-12-21(24)26/h3-6,8-11,14,17H,7,12-13,15-16H2,1-2H3. The van der Waals surface area contributed by atoms with Crippen LogP contribution >= 0.6 is 0 Å². The summed E-state index contributed by atoms with van der Waals surface area (Å²) in [5.74, 6) is -0.693. The molecule has 1 aliphatic heterocycles. The Hall–Kier alpha value is -3.15. The van der Waals surface area contributed by atoms with Crippen LogP contribution in [0.5, 0.6) is 0 Å². The van der Waals surface area contributed by atoms with E-state index in [0.717, 1.165) is 24.2 Å². The van der Waals surface area contributed by atoms with Crippen LogP contribution in [-0.2, 0) is 20.9 Å². The Balaban J connectivity index is 1.62. The summed E-state index contributed by atoms with van der Waals surface area (Å²) in [6, 6.07) is 16.3. The van der Waals surface area contributed by atoms with Crippen LogP contribution in [0.1, 0.15) is 42.6 Å². The molecule has 1 heterocycles. The molecule has 0 bridgehead atoms. The normalized spacial score (nSPS) is 13.6. The van der Waals surface area contributed by atoms with Crippen molar-refractivity contribution in [3.05, 3.63) is 65.7 Å². The second-order valence-corrected chi connectivity index (χ2v) is 7.39. The van der Waals surface area contributed by atoms with Crippen molar-refractivity contribution in [1.82, 2.24) is 4.90 Å². The molecule has 0 aliphatic carbocycles. The average molecular weight is 394 g/mol. The maximum atomic E-state index is 12.7. The second kappa shape index (κ2) is 9.37. The summed E-state index contributed by atoms with van der Waals surface area (Å²) in [7, 11) is 0. The largest absolute Gasteiger partial charge is 0.452 e. The zero-order valence-corrected chi connectivity index (χ0v) is 16.8. The lowest BCUT2D eigenvalue weighted by molar-refractivity contribution is -0.128. The van der Waals surface area contributed by atoms with E-state index in [2.05, 4.69) is 0 Å². The van der Waals surface area contributed by atoms with Gasteiger partial charge in [-0.2, -0.15) is 0 Å². The van der Waals surface area contributed by atoms with Gasteiger partial charge in [-0.1, -0.05) is 30.3 Å². The van der Waals surface area contributed by atoms with Crippen molar-refractivity contribution in [3.63, 3.8) is 0 Å². The van der Waals surface area contributed by atoms with Gasteiger partial charge < -0.3 is 14.5 Å². The minimum atomic E-state index is -0.551. The fraction of sp³-hybridized carbons (Fsp3) is 0.348. The van der Waals surface area contributed by atoms with Crippen molar-refractivity contribution in [3.8, 4) is 0 Å². The molecule has 0 saturated carbocycles. The van der Waals surface area contributed by atoms with Crippen LogP contribution in [0.25, 0.3) is 0 Å². The Morgan fingerprint density at radius 2 is 1.86 bits per heavy atom. The number of ether oxygens (including phenoxy) is 1. The highest BCUT2D eigenvalue weighted by atomic mass is 16.5. The molecule has 0 N–H and O–H groups in total. The molecule has 152 valence electrons. The van der Waals surface area contributed by atoms with E-state index in [1.165, 1.54) is 0 Å². The van der Waals surface area contributed by atoms with Crippen LogP contribution in [-0.4, -0.2) is 41.9 Å². The van der Waals surface area contributed by atoms with Crippen LogP contribution in [0, 0.1) is 0 Å². The van der Waals surface area contributed by atoms with E-state index in [9.17, 15) is 14.4 Å². The molecule has 2 aromatic carbocycles. The number of carbonyl (C=O) groups excluding carboxylic acids is 3. The van der Waals surface area contributed by atoms with Crippen LogP contribution in [0.4, 0.5) is 5.69 Å². The predicted octanol–water partition coefficient (Wildman–Crippen LogP) is 3.41. The first-order chi connectivity index (χ1) is 14.0. The SMILES string of the molecule is CC(C)N(C(=O)COC(=O)c1cccc(CN2CCCC2=O)c1)c1ccccc1. The number of benzene rings is 2. The van der Waals surface area contributed by atoms with Crippen LogP contribution in [0.2, 0.25) is 0 Å². The molecule has 0 radical (unpaired) electrons. The Morgan fingerprint density at radius 1 is 1.10 bits per heavy atom. The highest BCUT2D eigenvalue weighted by Gasteiger charge is 2.22. The lowest BCUT2D eigenvalue weighted by Gasteiger charge is -2.26. The lowest BCUT2D eigenvalue weighted by atomic mass is 10.1. The smallest absolute Gasteiger partial charge is 0.338 e. The molecule has 29 heavy (non-hydrogen) atoms. The van der Waals surface area contributed by atoms with Crippen LogP contribution in [0.3, 0.4) is 0 Å². The number of esters is 1. The van der Waals surface area contributed by atoms with Gasteiger partial charge in [-0.05, 0) is 50.1 Å². The van der Waals surface area contributed by atoms with Gasteiger partial charge in [0.2, 0.25) is 5.91 Å². The third kappa shape index (κ3) is 5.22. The van der Waals surface area contributed by atoms with Crippen molar-refractivity contribution in [2.75, 3.05) is 18.1 Å². The van der Waals surface area contributed by atoms with Crippen molar-refractivity contribution >= 4 is 23.5 Å². The fourth-order valence-electron chi connectivity index (χ4n) is 3.49. The average Bonchev–Trinajstić information content (AvgIpc) is 3.11. The van der Waals surface area contributed by atoms with Crippen molar-refractivity contribution in [2.45, 2.75) is 39.3 Å². The molecule has 1 aliphatic rings. The summed E-state index contributed by atoms with van der Waals surface area (Å²) < 4.78 is 5.28. The van der Waals surface area contributed by atoms with E-state index in [0.29, 0.717) is 18.5 Å². The third-order valence-corrected chi connectivity index (χ3v) is 4.85. The number of rotatable bonds is 7. The topological polar surface area (TPSA) is 66.9 Å². The molecule has 0 atom stereocenters. The molecule has 3 rings (SSSR count). The summed E-state index contributed by atoms with van der Waals surface area (Å²) in [4.78, 5) is 40.3. The van der Waals surface area contributed by atoms with Gasteiger partial charge in [-0.3, -0.25) is 9.59 Å². The molecule has 1 fully saturated rings. The summed E-state index contributed by atoms with van der Waals surface area (Å²) in [6.07, 6.45) is 1.45. The number of hydrogen-bond acceptors (Lipinski definition) is 4. The van der Waals surface area contributed by atoms with Gasteiger partial charge in [0.15, 0.2) is 6.61 Å². The van der Waals surface area contributed by atoms with E-state index in [1.807, 2.05) is 50.2 Å². The first-order valence-electron chi connectivity index (χ1n) is 9.86. The molecule has 1 saturated heterocycles. The van der Waals surface area contributed by atoms with Crippen LogP contribution < -0.4 is 4.90 Å². The molecule has 2 amide bonds. The van der Waals surface area contributed by atoms with Crippen LogP contribution in [0.15, 0.2) is 54.6 Å². The maximum Gasteiger partial charge on any atom is 0.338 e. The Labute approximate surface area is 171 Å². The Bertz CT molecular complexity index is 879. The second-order valence-electron chi connectivity index (χ2n) is 7.39. The number of para-hydroxylation sites is 1.